The Labute approximate surface area is 109 Å². The van der Waals surface area contributed by atoms with Crippen molar-refractivity contribution in [3.05, 3.63) is 41.5 Å². The molecule has 0 bridgehead atoms. The first-order valence-corrected chi connectivity index (χ1v) is 5.77. The van der Waals surface area contributed by atoms with Gasteiger partial charge in [-0.15, -0.1) is 9.94 Å². The number of nitrogens with zero attached hydrogens (tertiary/aromatic N) is 2. The predicted octanol–water partition coefficient (Wildman–Crippen LogP) is 2.14. The third-order valence-electron chi connectivity index (χ3n) is 2.67. The molecule has 0 amide bonds. The third-order valence-corrected chi connectivity index (χ3v) is 2.67. The van der Waals surface area contributed by atoms with Crippen LogP contribution in [0.1, 0.15) is 23.1 Å². The molecule has 0 aliphatic rings. The van der Waals surface area contributed by atoms with E-state index in [9.17, 15) is 14.3 Å². The fraction of sp³-hybridized carbons (Fsp3) is 0.231. The first-order chi connectivity index (χ1) is 9.06. The molecule has 0 fully saturated rings. The summed E-state index contributed by atoms with van der Waals surface area (Å²) in [6.07, 6.45) is 0. The summed E-state index contributed by atoms with van der Waals surface area (Å²) in [4.78, 5) is 17.5. The summed E-state index contributed by atoms with van der Waals surface area (Å²) in [5.41, 5.74) is 0.655. The van der Waals surface area contributed by atoms with Crippen LogP contribution in [0, 0.1) is 12.7 Å². The Morgan fingerprint density at radius 1 is 1.47 bits per heavy atom. The minimum Gasteiger partial charge on any atom is -0.476 e. The van der Waals surface area contributed by atoms with Crippen LogP contribution in [0.5, 0.6) is 0 Å². The fourth-order valence-electron chi connectivity index (χ4n) is 1.87. The smallest absolute Gasteiger partial charge is 0.357 e. The molecule has 19 heavy (non-hydrogen) atoms. The molecule has 6 heteroatoms. The number of aromatic carboxylic acids is 1. The van der Waals surface area contributed by atoms with Crippen molar-refractivity contribution in [2.24, 2.45) is 0 Å². The van der Waals surface area contributed by atoms with E-state index in [2.05, 4.69) is 5.10 Å². The normalized spacial score (nSPS) is 10.5. The maximum Gasteiger partial charge on any atom is 0.357 e. The molecule has 2 rings (SSSR count). The Hall–Kier alpha value is -2.37. The third kappa shape index (κ3) is 2.29. The Bertz CT molecular complexity index is 622. The average molecular weight is 264 g/mol. The van der Waals surface area contributed by atoms with Gasteiger partial charge in [-0.3, -0.25) is 0 Å². The van der Waals surface area contributed by atoms with Crippen LogP contribution in [0.4, 0.5) is 4.39 Å². The van der Waals surface area contributed by atoms with Gasteiger partial charge in [0.25, 0.3) is 0 Å². The molecule has 0 saturated carbocycles. The van der Waals surface area contributed by atoms with Crippen LogP contribution in [0.15, 0.2) is 24.3 Å². The van der Waals surface area contributed by atoms with E-state index < -0.39 is 11.8 Å². The maximum atomic E-state index is 13.8. The number of carboxylic acid groups (broad SMARTS) is 1. The molecule has 5 nitrogen and oxygen atoms in total. The van der Waals surface area contributed by atoms with Gasteiger partial charge in [0.2, 0.25) is 0 Å². The summed E-state index contributed by atoms with van der Waals surface area (Å²) in [6, 6.07) is 5.98. The number of hydrogen-bond donors (Lipinski definition) is 1. The van der Waals surface area contributed by atoms with Gasteiger partial charge >= 0.3 is 5.97 Å². The number of rotatable bonds is 4. The Morgan fingerprint density at radius 2 is 2.16 bits per heavy atom. The summed E-state index contributed by atoms with van der Waals surface area (Å²) >= 11 is 0. The summed E-state index contributed by atoms with van der Waals surface area (Å²) in [7, 11) is 0. The molecule has 0 saturated heterocycles. The number of carboxylic acids is 1. The maximum absolute atomic E-state index is 13.8. The molecule has 0 unspecified atom stereocenters. The standard InChI is InChI=1S/C13H13FN2O3/c1-3-19-16-8(2)11(12(15-16)13(17)18)9-6-4-5-7-10(9)14/h4-7H,3H2,1-2H3,(H,17,18). The second-order valence-corrected chi connectivity index (χ2v) is 3.88. The fourth-order valence-corrected chi connectivity index (χ4v) is 1.87. The molecule has 0 aliphatic heterocycles. The SMILES string of the molecule is CCOn1nc(C(=O)O)c(-c2ccccc2F)c1C. The van der Waals surface area contributed by atoms with Crippen molar-refractivity contribution in [1.29, 1.82) is 0 Å². The lowest BCUT2D eigenvalue weighted by Gasteiger charge is -2.05. The lowest BCUT2D eigenvalue weighted by atomic mass is 10.0. The van der Waals surface area contributed by atoms with Crippen LogP contribution < -0.4 is 4.84 Å². The zero-order valence-electron chi connectivity index (χ0n) is 10.6. The van der Waals surface area contributed by atoms with Crippen LogP contribution in [0.3, 0.4) is 0 Å². The Balaban J connectivity index is 2.68. The minimum atomic E-state index is -1.22. The van der Waals surface area contributed by atoms with Crippen molar-refractivity contribution in [2.45, 2.75) is 13.8 Å². The number of aromatic nitrogens is 2. The van der Waals surface area contributed by atoms with E-state index in [1.165, 1.54) is 12.1 Å². The van der Waals surface area contributed by atoms with Crippen molar-refractivity contribution in [3.8, 4) is 11.1 Å². The van der Waals surface area contributed by atoms with E-state index in [0.29, 0.717) is 12.3 Å². The molecular weight excluding hydrogens is 251 g/mol. The number of carbonyl (C=O) groups is 1. The van der Waals surface area contributed by atoms with Crippen LogP contribution in [0.25, 0.3) is 11.1 Å². The molecule has 0 radical (unpaired) electrons. The van der Waals surface area contributed by atoms with Gasteiger partial charge in [0, 0.05) is 11.1 Å². The summed E-state index contributed by atoms with van der Waals surface area (Å²) in [5, 5.41) is 13.0. The van der Waals surface area contributed by atoms with Crippen molar-refractivity contribution in [2.75, 3.05) is 6.61 Å². The van der Waals surface area contributed by atoms with E-state index >= 15 is 0 Å². The van der Waals surface area contributed by atoms with Crippen molar-refractivity contribution in [3.63, 3.8) is 0 Å². The van der Waals surface area contributed by atoms with Gasteiger partial charge in [-0.1, -0.05) is 18.2 Å². The molecule has 1 aromatic carbocycles. The van der Waals surface area contributed by atoms with Crippen molar-refractivity contribution >= 4 is 5.97 Å². The predicted molar refractivity (Wildman–Crippen MR) is 66.4 cm³/mol. The monoisotopic (exact) mass is 264 g/mol. The topological polar surface area (TPSA) is 64.4 Å². The quantitative estimate of drug-likeness (QED) is 0.918. The summed E-state index contributed by atoms with van der Waals surface area (Å²) in [6.45, 7) is 3.72. The summed E-state index contributed by atoms with van der Waals surface area (Å²) in [5.74, 6) is -1.72. The Morgan fingerprint density at radius 3 is 2.74 bits per heavy atom. The van der Waals surface area contributed by atoms with Crippen LogP contribution >= 0.6 is 0 Å². The first-order valence-electron chi connectivity index (χ1n) is 5.77. The van der Waals surface area contributed by atoms with E-state index in [1.807, 2.05) is 0 Å². The van der Waals surface area contributed by atoms with Crippen LogP contribution in [-0.2, 0) is 0 Å². The van der Waals surface area contributed by atoms with Gasteiger partial charge in [-0.05, 0) is 19.9 Å². The number of benzene rings is 1. The molecule has 1 heterocycles. The zero-order chi connectivity index (χ0) is 14.0. The van der Waals surface area contributed by atoms with Crippen molar-refractivity contribution in [1.82, 2.24) is 9.94 Å². The first kappa shape index (κ1) is 13.1. The van der Waals surface area contributed by atoms with Gasteiger partial charge in [0.1, 0.15) is 12.4 Å². The van der Waals surface area contributed by atoms with Crippen LogP contribution in [-0.4, -0.2) is 27.6 Å². The minimum absolute atomic E-state index is 0.198. The van der Waals surface area contributed by atoms with E-state index in [4.69, 9.17) is 4.84 Å². The molecular formula is C13H13FN2O3. The highest BCUT2D eigenvalue weighted by Crippen LogP contribution is 2.29. The molecule has 0 aliphatic carbocycles. The number of halogens is 1. The summed E-state index contributed by atoms with van der Waals surface area (Å²) < 4.78 is 13.8. The zero-order valence-corrected chi connectivity index (χ0v) is 10.6. The molecule has 2 aromatic rings. The van der Waals surface area contributed by atoms with Gasteiger partial charge in [0.15, 0.2) is 5.69 Å². The second-order valence-electron chi connectivity index (χ2n) is 3.88. The largest absolute Gasteiger partial charge is 0.476 e. The molecule has 0 atom stereocenters. The lowest BCUT2D eigenvalue weighted by molar-refractivity contribution is 0.0656. The van der Waals surface area contributed by atoms with Gasteiger partial charge < -0.3 is 9.94 Å². The molecule has 0 spiro atoms. The highest BCUT2D eigenvalue weighted by atomic mass is 19.1. The molecule has 1 N–H and O–H groups in total. The highest BCUT2D eigenvalue weighted by molar-refractivity contribution is 5.94. The van der Waals surface area contributed by atoms with Gasteiger partial charge in [0.05, 0.1) is 5.69 Å². The van der Waals surface area contributed by atoms with Crippen molar-refractivity contribution < 1.29 is 19.1 Å². The Kier molecular flexibility index (Phi) is 3.50. The van der Waals surface area contributed by atoms with E-state index in [0.717, 1.165) is 4.85 Å². The van der Waals surface area contributed by atoms with Gasteiger partial charge in [-0.25, -0.2) is 9.18 Å². The number of hydrogen-bond acceptors (Lipinski definition) is 3. The van der Waals surface area contributed by atoms with E-state index in [1.54, 1.807) is 26.0 Å². The molecule has 1 aromatic heterocycles. The lowest BCUT2D eigenvalue weighted by Crippen LogP contribution is -2.14. The van der Waals surface area contributed by atoms with Gasteiger partial charge in [-0.2, -0.15) is 0 Å². The highest BCUT2D eigenvalue weighted by Gasteiger charge is 2.24. The van der Waals surface area contributed by atoms with Crippen LogP contribution in [0.2, 0.25) is 0 Å². The van der Waals surface area contributed by atoms with E-state index in [-0.39, 0.29) is 16.8 Å². The average Bonchev–Trinajstić information content (AvgIpc) is 2.69. The second kappa shape index (κ2) is 5.09. The molecule has 100 valence electrons.